The maximum absolute atomic E-state index is 5.29. The summed E-state index contributed by atoms with van der Waals surface area (Å²) in [6.45, 7) is 7.25. The molecule has 1 heterocycles. The minimum atomic E-state index is 0.680. The van der Waals surface area contributed by atoms with Crippen molar-refractivity contribution in [2.24, 2.45) is 5.92 Å². The predicted octanol–water partition coefficient (Wildman–Crippen LogP) is 4.05. The van der Waals surface area contributed by atoms with Crippen molar-refractivity contribution < 1.29 is 4.74 Å². The quantitative estimate of drug-likeness (QED) is 0.814. The van der Waals surface area contributed by atoms with E-state index < -0.39 is 0 Å². The van der Waals surface area contributed by atoms with Crippen LogP contribution in [0.4, 0.5) is 0 Å². The van der Waals surface area contributed by atoms with Crippen LogP contribution in [0, 0.1) is 5.92 Å². The molecule has 0 atom stereocenters. The standard InChI is InChI=1S/C17H23BrN2O/c1-13(2)9-19-10-14-6-7-20(11-14)12-15-8-16(21-3)4-5-17(15)18/h4-8,11,13,19H,9-10,12H2,1-3H3. The molecule has 1 aromatic heterocycles. The molecule has 0 saturated carbocycles. The van der Waals surface area contributed by atoms with Gasteiger partial charge in [-0.25, -0.2) is 0 Å². The molecule has 4 heteroatoms. The zero-order valence-corrected chi connectivity index (χ0v) is 14.5. The monoisotopic (exact) mass is 350 g/mol. The van der Waals surface area contributed by atoms with E-state index >= 15 is 0 Å². The molecule has 3 nitrogen and oxygen atoms in total. The van der Waals surface area contributed by atoms with Crippen molar-refractivity contribution >= 4 is 15.9 Å². The number of hydrogen-bond acceptors (Lipinski definition) is 2. The van der Waals surface area contributed by atoms with Crippen molar-refractivity contribution in [2.75, 3.05) is 13.7 Å². The summed E-state index contributed by atoms with van der Waals surface area (Å²) in [4.78, 5) is 0. The Kier molecular flexibility index (Phi) is 5.88. The average Bonchev–Trinajstić information content (AvgIpc) is 2.88. The smallest absolute Gasteiger partial charge is 0.119 e. The highest BCUT2D eigenvalue weighted by Crippen LogP contribution is 2.23. The first kappa shape index (κ1) is 16.1. The Hall–Kier alpha value is -1.26. The summed E-state index contributed by atoms with van der Waals surface area (Å²) in [5, 5.41) is 3.47. The topological polar surface area (TPSA) is 26.2 Å². The van der Waals surface area contributed by atoms with Gasteiger partial charge >= 0.3 is 0 Å². The minimum absolute atomic E-state index is 0.680. The molecule has 2 rings (SSSR count). The van der Waals surface area contributed by atoms with E-state index in [1.807, 2.05) is 12.1 Å². The maximum atomic E-state index is 5.29. The van der Waals surface area contributed by atoms with Crippen LogP contribution in [0.15, 0.2) is 41.1 Å². The van der Waals surface area contributed by atoms with E-state index in [1.165, 1.54) is 11.1 Å². The molecule has 0 amide bonds. The lowest BCUT2D eigenvalue weighted by Gasteiger charge is -2.09. The van der Waals surface area contributed by atoms with Crippen LogP contribution in [0.25, 0.3) is 0 Å². The Morgan fingerprint density at radius 3 is 2.81 bits per heavy atom. The number of methoxy groups -OCH3 is 1. The maximum Gasteiger partial charge on any atom is 0.119 e. The van der Waals surface area contributed by atoms with Crippen molar-refractivity contribution in [3.8, 4) is 5.75 Å². The summed E-state index contributed by atoms with van der Waals surface area (Å²) in [5.41, 5.74) is 2.53. The van der Waals surface area contributed by atoms with Gasteiger partial charge in [-0.1, -0.05) is 29.8 Å². The van der Waals surface area contributed by atoms with E-state index in [2.05, 4.69) is 64.2 Å². The first-order valence-electron chi connectivity index (χ1n) is 7.26. The normalized spacial score (nSPS) is 11.1. The minimum Gasteiger partial charge on any atom is -0.497 e. The summed E-state index contributed by atoms with van der Waals surface area (Å²) in [5.74, 6) is 1.57. The summed E-state index contributed by atoms with van der Waals surface area (Å²) in [6.07, 6.45) is 4.32. The average molecular weight is 351 g/mol. The lowest BCUT2D eigenvalue weighted by molar-refractivity contribution is 0.414. The molecule has 0 aliphatic heterocycles. The van der Waals surface area contributed by atoms with Crippen molar-refractivity contribution in [1.82, 2.24) is 9.88 Å². The van der Waals surface area contributed by atoms with Crippen LogP contribution in [0.1, 0.15) is 25.0 Å². The lowest BCUT2D eigenvalue weighted by atomic mass is 10.2. The second kappa shape index (κ2) is 7.66. The molecule has 0 radical (unpaired) electrons. The van der Waals surface area contributed by atoms with E-state index in [0.29, 0.717) is 5.92 Å². The van der Waals surface area contributed by atoms with Gasteiger partial charge in [0.2, 0.25) is 0 Å². The van der Waals surface area contributed by atoms with Gasteiger partial charge in [0.25, 0.3) is 0 Å². The Bertz CT molecular complexity index is 578. The number of nitrogens with zero attached hydrogens (tertiary/aromatic N) is 1. The lowest BCUT2D eigenvalue weighted by Crippen LogP contribution is -2.18. The van der Waals surface area contributed by atoms with Gasteiger partial charge in [-0.2, -0.15) is 0 Å². The molecule has 114 valence electrons. The number of hydrogen-bond donors (Lipinski definition) is 1. The number of aromatic nitrogens is 1. The molecular weight excluding hydrogens is 328 g/mol. The van der Waals surface area contributed by atoms with Gasteiger partial charge < -0.3 is 14.6 Å². The van der Waals surface area contributed by atoms with Crippen molar-refractivity contribution in [1.29, 1.82) is 0 Å². The van der Waals surface area contributed by atoms with Gasteiger partial charge in [-0.15, -0.1) is 0 Å². The van der Waals surface area contributed by atoms with E-state index in [0.717, 1.165) is 29.9 Å². The Morgan fingerprint density at radius 1 is 1.29 bits per heavy atom. The summed E-state index contributed by atoms with van der Waals surface area (Å²) in [6, 6.07) is 8.23. The Balaban J connectivity index is 1.99. The van der Waals surface area contributed by atoms with Crippen LogP contribution in [0.5, 0.6) is 5.75 Å². The van der Waals surface area contributed by atoms with Crippen LogP contribution in [0.2, 0.25) is 0 Å². The zero-order valence-electron chi connectivity index (χ0n) is 12.9. The first-order chi connectivity index (χ1) is 10.1. The highest BCUT2D eigenvalue weighted by atomic mass is 79.9. The van der Waals surface area contributed by atoms with Gasteiger partial charge in [0.1, 0.15) is 5.75 Å². The number of nitrogens with one attached hydrogen (secondary N) is 1. The molecule has 21 heavy (non-hydrogen) atoms. The molecular formula is C17H23BrN2O. The second-order valence-electron chi connectivity index (χ2n) is 5.67. The highest BCUT2D eigenvalue weighted by Gasteiger charge is 2.04. The fourth-order valence-corrected chi connectivity index (χ4v) is 2.57. The number of halogens is 1. The third-order valence-electron chi connectivity index (χ3n) is 3.30. The fraction of sp³-hybridized carbons (Fsp3) is 0.412. The second-order valence-corrected chi connectivity index (χ2v) is 6.53. The van der Waals surface area contributed by atoms with E-state index in [9.17, 15) is 0 Å². The molecule has 0 spiro atoms. The molecule has 0 bridgehead atoms. The summed E-state index contributed by atoms with van der Waals surface area (Å²) < 4.78 is 8.60. The third-order valence-corrected chi connectivity index (χ3v) is 4.07. The number of benzene rings is 1. The van der Waals surface area contributed by atoms with Gasteiger partial charge in [0.05, 0.1) is 7.11 Å². The van der Waals surface area contributed by atoms with Crippen molar-refractivity contribution in [2.45, 2.75) is 26.9 Å². The largest absolute Gasteiger partial charge is 0.497 e. The highest BCUT2D eigenvalue weighted by molar-refractivity contribution is 9.10. The summed E-state index contributed by atoms with van der Waals surface area (Å²) in [7, 11) is 1.70. The first-order valence-corrected chi connectivity index (χ1v) is 8.05. The van der Waals surface area contributed by atoms with Gasteiger partial charge in [-0.05, 0) is 47.9 Å². The van der Waals surface area contributed by atoms with E-state index in [4.69, 9.17) is 4.74 Å². The number of ether oxygens (including phenoxy) is 1. The van der Waals surface area contributed by atoms with Crippen LogP contribution in [-0.2, 0) is 13.1 Å². The zero-order chi connectivity index (χ0) is 15.2. The van der Waals surface area contributed by atoms with Crippen LogP contribution >= 0.6 is 15.9 Å². The molecule has 2 aromatic rings. The van der Waals surface area contributed by atoms with Crippen LogP contribution in [0.3, 0.4) is 0 Å². The molecule has 1 N–H and O–H groups in total. The molecule has 1 aromatic carbocycles. The van der Waals surface area contributed by atoms with E-state index in [1.54, 1.807) is 7.11 Å². The molecule has 0 fully saturated rings. The van der Waals surface area contributed by atoms with E-state index in [-0.39, 0.29) is 0 Å². The Labute approximate surface area is 135 Å². The SMILES string of the molecule is COc1ccc(Br)c(Cn2ccc(CNCC(C)C)c2)c1. The Morgan fingerprint density at radius 2 is 2.10 bits per heavy atom. The van der Waals surface area contributed by atoms with Crippen LogP contribution in [-0.4, -0.2) is 18.2 Å². The van der Waals surface area contributed by atoms with Crippen molar-refractivity contribution in [3.63, 3.8) is 0 Å². The van der Waals surface area contributed by atoms with Crippen molar-refractivity contribution in [3.05, 3.63) is 52.3 Å². The fourth-order valence-electron chi connectivity index (χ4n) is 2.19. The summed E-state index contributed by atoms with van der Waals surface area (Å²) >= 11 is 3.60. The van der Waals surface area contributed by atoms with Gasteiger partial charge in [-0.3, -0.25) is 0 Å². The third kappa shape index (κ3) is 4.90. The van der Waals surface area contributed by atoms with Gasteiger partial charge in [0.15, 0.2) is 0 Å². The van der Waals surface area contributed by atoms with Crippen LogP contribution < -0.4 is 10.1 Å². The molecule has 0 aliphatic carbocycles. The molecule has 0 saturated heterocycles. The number of rotatable bonds is 7. The molecule has 0 unspecified atom stereocenters. The predicted molar refractivity (Wildman–Crippen MR) is 90.8 cm³/mol. The molecule has 0 aliphatic rings. The van der Waals surface area contributed by atoms with Gasteiger partial charge in [0, 0.05) is 30.0 Å².